The van der Waals surface area contributed by atoms with E-state index in [0.29, 0.717) is 17.6 Å². The number of nitrogens with zero attached hydrogens (tertiary/aromatic N) is 3. The standard InChI is InChI=1S/C46H43N3O3S/c1-5-45(6-2)38-14-10-9-13-36(38)41-34-11-7-8-12-35(34)43-37(42(41)45)23-24-46(52-43,32-19-21-33(22-20-32)49-25-27-53-28-26-49)31-17-15-30(16-18-31)44-47-39(50-3)29-40(48-44)51-4/h7-24,29H,5-6,25-28H2,1-4H3. The molecule has 9 rings (SSSR count). The summed E-state index contributed by atoms with van der Waals surface area (Å²) in [5.74, 6) is 4.68. The zero-order chi connectivity index (χ0) is 36.2. The Kier molecular flexibility index (Phi) is 8.42. The molecule has 0 saturated carbocycles. The molecule has 53 heavy (non-hydrogen) atoms. The van der Waals surface area contributed by atoms with Gasteiger partial charge in [0.05, 0.1) is 20.3 Å². The first kappa shape index (κ1) is 33.6. The van der Waals surface area contributed by atoms with Crippen LogP contribution in [0.15, 0.2) is 109 Å². The number of rotatable bonds is 8. The molecule has 0 bridgehead atoms. The fourth-order valence-corrected chi connectivity index (χ4v) is 9.84. The molecule has 5 aromatic carbocycles. The Morgan fingerprint density at radius 2 is 1.38 bits per heavy atom. The number of hydrogen-bond donors (Lipinski definition) is 0. The molecule has 1 aliphatic carbocycles. The maximum absolute atomic E-state index is 7.64. The lowest BCUT2D eigenvalue weighted by Crippen LogP contribution is -2.36. The van der Waals surface area contributed by atoms with E-state index in [1.807, 2.05) is 11.8 Å². The summed E-state index contributed by atoms with van der Waals surface area (Å²) in [6.07, 6.45) is 6.66. The quantitative estimate of drug-likeness (QED) is 0.155. The van der Waals surface area contributed by atoms with Gasteiger partial charge in [-0.25, -0.2) is 0 Å². The molecule has 3 heterocycles. The fourth-order valence-electron chi connectivity index (χ4n) is 8.93. The second kappa shape index (κ2) is 13.3. The normalized spacial score (nSPS) is 18.2. The minimum atomic E-state index is -0.891. The highest BCUT2D eigenvalue weighted by Crippen LogP contribution is 2.60. The first-order chi connectivity index (χ1) is 26.0. The zero-order valence-electron chi connectivity index (χ0n) is 30.7. The second-order valence-corrected chi connectivity index (χ2v) is 15.3. The molecule has 0 radical (unpaired) electrons. The SMILES string of the molecule is CCC1(CC)c2ccccc2-c2c1c1c(c3ccccc23)OC(c2ccc(-c3nc(OC)cc(OC)n3)cc2)(c2ccc(N3CCSCC3)cc2)C=C1. The van der Waals surface area contributed by atoms with E-state index in [1.54, 1.807) is 20.3 Å². The third-order valence-corrected chi connectivity index (χ3v) is 12.6. The lowest BCUT2D eigenvalue weighted by Gasteiger charge is -2.39. The smallest absolute Gasteiger partial charge is 0.220 e. The van der Waals surface area contributed by atoms with Crippen LogP contribution in [-0.4, -0.2) is 48.8 Å². The Morgan fingerprint density at radius 1 is 0.755 bits per heavy atom. The predicted molar refractivity (Wildman–Crippen MR) is 218 cm³/mol. The van der Waals surface area contributed by atoms with Crippen LogP contribution in [-0.2, 0) is 11.0 Å². The molecule has 1 fully saturated rings. The topological polar surface area (TPSA) is 56.7 Å². The monoisotopic (exact) mass is 717 g/mol. The third-order valence-electron chi connectivity index (χ3n) is 11.7. The zero-order valence-corrected chi connectivity index (χ0v) is 31.5. The highest BCUT2D eigenvalue weighted by Gasteiger charge is 2.46. The summed E-state index contributed by atoms with van der Waals surface area (Å²) < 4.78 is 18.5. The van der Waals surface area contributed by atoms with Crippen molar-refractivity contribution in [1.82, 2.24) is 9.97 Å². The van der Waals surface area contributed by atoms with Crippen molar-refractivity contribution in [2.75, 3.05) is 43.7 Å². The van der Waals surface area contributed by atoms with E-state index in [2.05, 4.69) is 138 Å². The van der Waals surface area contributed by atoms with Gasteiger partial charge in [0.25, 0.3) is 0 Å². The number of hydrogen-bond acceptors (Lipinski definition) is 7. The van der Waals surface area contributed by atoms with Crippen molar-refractivity contribution in [3.8, 4) is 40.0 Å². The average molecular weight is 718 g/mol. The Bertz CT molecular complexity index is 2340. The number of benzene rings is 5. The van der Waals surface area contributed by atoms with Crippen molar-refractivity contribution < 1.29 is 14.2 Å². The number of methoxy groups -OCH3 is 2. The number of thioether (sulfide) groups is 1. The van der Waals surface area contributed by atoms with Gasteiger partial charge in [-0.1, -0.05) is 105 Å². The molecule has 2 aliphatic heterocycles. The van der Waals surface area contributed by atoms with Gasteiger partial charge in [-0.2, -0.15) is 21.7 Å². The van der Waals surface area contributed by atoms with Gasteiger partial charge < -0.3 is 19.1 Å². The van der Waals surface area contributed by atoms with Gasteiger partial charge in [0.15, 0.2) is 11.4 Å². The molecule has 6 aromatic rings. The molecule has 1 saturated heterocycles. The van der Waals surface area contributed by atoms with Gasteiger partial charge in [-0.05, 0) is 58.7 Å². The summed E-state index contributed by atoms with van der Waals surface area (Å²) in [4.78, 5) is 11.7. The Hall–Kier alpha value is -5.27. The van der Waals surface area contributed by atoms with E-state index in [9.17, 15) is 0 Å². The fraction of sp³-hybridized carbons (Fsp3) is 0.261. The van der Waals surface area contributed by atoms with E-state index < -0.39 is 5.60 Å². The minimum absolute atomic E-state index is 0.110. The maximum Gasteiger partial charge on any atom is 0.220 e. The number of fused-ring (bicyclic) bond motifs is 8. The molecule has 7 heteroatoms. The number of aromatic nitrogens is 2. The van der Waals surface area contributed by atoms with Crippen LogP contribution in [0.4, 0.5) is 5.69 Å². The van der Waals surface area contributed by atoms with E-state index in [4.69, 9.17) is 14.2 Å². The van der Waals surface area contributed by atoms with Crippen LogP contribution in [0, 0.1) is 0 Å². The summed E-state index contributed by atoms with van der Waals surface area (Å²) in [5, 5.41) is 2.36. The van der Waals surface area contributed by atoms with Gasteiger partial charge in [0.1, 0.15) is 5.75 Å². The lowest BCUT2D eigenvalue weighted by atomic mass is 9.71. The third kappa shape index (κ3) is 5.23. The molecule has 3 aliphatic rings. The van der Waals surface area contributed by atoms with Crippen molar-refractivity contribution in [3.05, 3.63) is 137 Å². The van der Waals surface area contributed by atoms with Gasteiger partial charge in [0.2, 0.25) is 11.8 Å². The van der Waals surface area contributed by atoms with Crippen molar-refractivity contribution >= 4 is 34.3 Å². The lowest BCUT2D eigenvalue weighted by molar-refractivity contribution is 0.163. The second-order valence-electron chi connectivity index (χ2n) is 14.0. The highest BCUT2D eigenvalue weighted by atomic mass is 32.2. The summed E-state index contributed by atoms with van der Waals surface area (Å²) in [6, 6.07) is 37.0. The number of anilines is 1. The summed E-state index contributed by atoms with van der Waals surface area (Å²) in [5.41, 5.74) is 9.89. The van der Waals surface area contributed by atoms with E-state index >= 15 is 0 Å². The molecule has 0 N–H and O–H groups in total. The van der Waals surface area contributed by atoms with Gasteiger partial charge in [-0.15, -0.1) is 0 Å². The largest absolute Gasteiger partial charge is 0.481 e. The van der Waals surface area contributed by atoms with Crippen molar-refractivity contribution in [1.29, 1.82) is 0 Å². The Labute approximate surface area is 315 Å². The van der Waals surface area contributed by atoms with Crippen LogP contribution in [0.25, 0.3) is 39.4 Å². The van der Waals surface area contributed by atoms with Gasteiger partial charge in [0, 0.05) is 63.3 Å². The predicted octanol–water partition coefficient (Wildman–Crippen LogP) is 10.3. The van der Waals surface area contributed by atoms with Crippen molar-refractivity contribution in [3.63, 3.8) is 0 Å². The van der Waals surface area contributed by atoms with E-state index in [0.717, 1.165) is 65.3 Å². The summed E-state index contributed by atoms with van der Waals surface area (Å²) in [7, 11) is 3.20. The van der Waals surface area contributed by atoms with Crippen LogP contribution in [0.5, 0.6) is 17.5 Å². The molecule has 6 nitrogen and oxygen atoms in total. The van der Waals surface area contributed by atoms with Crippen LogP contribution >= 0.6 is 11.8 Å². The van der Waals surface area contributed by atoms with Crippen molar-refractivity contribution in [2.45, 2.75) is 37.7 Å². The highest BCUT2D eigenvalue weighted by molar-refractivity contribution is 7.99. The maximum atomic E-state index is 7.64. The average Bonchev–Trinajstić information content (AvgIpc) is 3.54. The van der Waals surface area contributed by atoms with E-state index in [1.165, 1.54) is 38.9 Å². The van der Waals surface area contributed by atoms with Crippen LogP contribution < -0.4 is 19.1 Å². The van der Waals surface area contributed by atoms with E-state index in [-0.39, 0.29) is 5.41 Å². The number of ether oxygens (including phenoxy) is 3. The first-order valence-electron chi connectivity index (χ1n) is 18.6. The minimum Gasteiger partial charge on any atom is -0.481 e. The summed E-state index contributed by atoms with van der Waals surface area (Å²) >= 11 is 2.03. The Balaban J connectivity index is 1.24. The Morgan fingerprint density at radius 3 is 2.04 bits per heavy atom. The molecular weight excluding hydrogens is 675 g/mol. The van der Waals surface area contributed by atoms with Crippen molar-refractivity contribution in [2.24, 2.45) is 0 Å². The molecule has 1 aromatic heterocycles. The van der Waals surface area contributed by atoms with Crippen LogP contribution in [0.1, 0.15) is 54.5 Å². The molecule has 1 atom stereocenters. The van der Waals surface area contributed by atoms with Gasteiger partial charge in [-0.3, -0.25) is 0 Å². The van der Waals surface area contributed by atoms with Gasteiger partial charge >= 0.3 is 0 Å². The molecule has 0 amide bonds. The molecule has 266 valence electrons. The molecular formula is C46H43N3O3S. The van der Waals surface area contributed by atoms with Crippen LogP contribution in [0.2, 0.25) is 0 Å². The van der Waals surface area contributed by atoms with Crippen LogP contribution in [0.3, 0.4) is 0 Å². The molecule has 0 spiro atoms. The molecule has 1 unspecified atom stereocenters. The first-order valence-corrected chi connectivity index (χ1v) is 19.8. The summed E-state index contributed by atoms with van der Waals surface area (Å²) in [6.45, 7) is 6.79.